The van der Waals surface area contributed by atoms with Crippen molar-refractivity contribution < 1.29 is 4.79 Å². The lowest BCUT2D eigenvalue weighted by Crippen LogP contribution is -2.51. The Balaban J connectivity index is 1.36. The summed E-state index contributed by atoms with van der Waals surface area (Å²) in [5.41, 5.74) is 6.39. The van der Waals surface area contributed by atoms with Crippen molar-refractivity contribution in [3.05, 3.63) is 0 Å². The maximum Gasteiger partial charge on any atom is 0.223 e. The lowest BCUT2D eigenvalue weighted by Gasteiger charge is -2.57. The van der Waals surface area contributed by atoms with E-state index in [1.807, 2.05) is 0 Å². The van der Waals surface area contributed by atoms with Crippen LogP contribution in [0.3, 0.4) is 0 Å². The van der Waals surface area contributed by atoms with E-state index in [0.29, 0.717) is 5.41 Å². The van der Waals surface area contributed by atoms with Crippen molar-refractivity contribution in [1.82, 2.24) is 5.32 Å². The molecule has 5 saturated carbocycles. The monoisotopic (exact) mass is 276 g/mol. The van der Waals surface area contributed by atoms with Crippen LogP contribution in [0.15, 0.2) is 0 Å². The topological polar surface area (TPSA) is 55.1 Å². The molecule has 0 aromatic heterocycles. The maximum atomic E-state index is 12.3. The molecule has 2 atom stereocenters. The van der Waals surface area contributed by atoms with Gasteiger partial charge in [-0.2, -0.15) is 0 Å². The third-order valence-corrected chi connectivity index (χ3v) is 6.65. The molecule has 112 valence electrons. The van der Waals surface area contributed by atoms with Crippen LogP contribution in [0.4, 0.5) is 0 Å². The number of hydrogen-bond donors (Lipinski definition) is 2. The first-order valence-electron chi connectivity index (χ1n) is 8.65. The summed E-state index contributed by atoms with van der Waals surface area (Å²) in [5.74, 6) is 3.39. The summed E-state index contributed by atoms with van der Waals surface area (Å²) in [4.78, 5) is 12.3. The van der Waals surface area contributed by atoms with Gasteiger partial charge in [-0.3, -0.25) is 4.79 Å². The normalized spacial score (nSPS) is 49.5. The number of carbonyl (C=O) groups is 1. The first-order chi connectivity index (χ1) is 9.62. The lowest BCUT2D eigenvalue weighted by molar-refractivity contribution is -0.127. The minimum absolute atomic E-state index is 0.193. The van der Waals surface area contributed by atoms with Gasteiger partial charge < -0.3 is 11.1 Å². The second-order valence-electron chi connectivity index (χ2n) is 8.41. The van der Waals surface area contributed by atoms with E-state index in [1.54, 1.807) is 0 Å². The van der Waals surface area contributed by atoms with E-state index in [1.165, 1.54) is 38.5 Å². The van der Waals surface area contributed by atoms with Gasteiger partial charge in [0.05, 0.1) is 0 Å². The Kier molecular flexibility index (Phi) is 3.10. The van der Waals surface area contributed by atoms with Gasteiger partial charge in [0.15, 0.2) is 0 Å². The second-order valence-corrected chi connectivity index (χ2v) is 8.41. The zero-order chi connectivity index (χ0) is 13.7. The van der Waals surface area contributed by atoms with Crippen LogP contribution in [0.25, 0.3) is 0 Å². The van der Waals surface area contributed by atoms with E-state index in [0.717, 1.165) is 43.6 Å². The van der Waals surface area contributed by atoms with Crippen molar-refractivity contribution >= 4 is 5.91 Å². The molecule has 0 saturated heterocycles. The first kappa shape index (κ1) is 13.1. The highest BCUT2D eigenvalue weighted by atomic mass is 16.1. The Morgan fingerprint density at radius 3 is 2.10 bits per heavy atom. The van der Waals surface area contributed by atoms with Crippen LogP contribution in [-0.4, -0.2) is 18.5 Å². The van der Waals surface area contributed by atoms with Gasteiger partial charge in [-0.15, -0.1) is 0 Å². The largest absolute Gasteiger partial charge is 0.355 e. The van der Waals surface area contributed by atoms with Gasteiger partial charge in [-0.1, -0.05) is 0 Å². The summed E-state index contributed by atoms with van der Waals surface area (Å²) in [7, 11) is 0. The van der Waals surface area contributed by atoms with Crippen molar-refractivity contribution in [2.45, 2.75) is 63.8 Å². The third-order valence-electron chi connectivity index (χ3n) is 6.65. The molecule has 0 aromatic rings. The van der Waals surface area contributed by atoms with E-state index in [9.17, 15) is 4.79 Å². The molecule has 1 amide bonds. The average molecular weight is 276 g/mol. The number of hydrogen-bond acceptors (Lipinski definition) is 2. The molecule has 5 aliphatic carbocycles. The van der Waals surface area contributed by atoms with Crippen LogP contribution in [0.5, 0.6) is 0 Å². The van der Waals surface area contributed by atoms with Gasteiger partial charge in [0.2, 0.25) is 5.91 Å². The fourth-order valence-corrected chi connectivity index (χ4v) is 6.18. The van der Waals surface area contributed by atoms with Crippen molar-refractivity contribution in [1.29, 1.82) is 0 Å². The van der Waals surface area contributed by atoms with Crippen LogP contribution in [0.2, 0.25) is 0 Å². The molecule has 0 aliphatic heterocycles. The molecule has 5 aliphatic rings. The lowest BCUT2D eigenvalue weighted by atomic mass is 9.49. The molecule has 0 aromatic carbocycles. The maximum absolute atomic E-state index is 12.3. The van der Waals surface area contributed by atoms with Gasteiger partial charge in [0.25, 0.3) is 0 Å². The highest BCUT2D eigenvalue weighted by molar-refractivity contribution is 5.79. The predicted octanol–water partition coefficient (Wildman–Crippen LogP) is 2.45. The highest BCUT2D eigenvalue weighted by Gasteiger charge is 2.50. The summed E-state index contributed by atoms with van der Waals surface area (Å²) >= 11 is 0. The Hall–Kier alpha value is -0.570. The number of amides is 1. The van der Waals surface area contributed by atoms with Crippen LogP contribution < -0.4 is 11.1 Å². The van der Waals surface area contributed by atoms with Crippen LogP contribution in [-0.2, 0) is 4.79 Å². The summed E-state index contributed by atoms with van der Waals surface area (Å²) < 4.78 is 0. The Bertz CT molecular complexity index is 371. The van der Waals surface area contributed by atoms with E-state index in [2.05, 4.69) is 5.32 Å². The zero-order valence-corrected chi connectivity index (χ0v) is 12.4. The Labute approximate surface area is 122 Å². The van der Waals surface area contributed by atoms with Gasteiger partial charge in [-0.05, 0) is 81.0 Å². The number of nitrogens with one attached hydrogen (secondary N) is 1. The molecule has 3 nitrogen and oxygen atoms in total. The summed E-state index contributed by atoms with van der Waals surface area (Å²) in [6.45, 7) is 0.946. The van der Waals surface area contributed by atoms with E-state index < -0.39 is 0 Å². The van der Waals surface area contributed by atoms with Gasteiger partial charge in [0, 0.05) is 18.5 Å². The SMILES string of the molecule is NC1CCC(C(=O)NCC23CC4CC(CC(C4)C2)C3)C1. The van der Waals surface area contributed by atoms with Crippen molar-refractivity contribution in [3.63, 3.8) is 0 Å². The molecule has 5 fully saturated rings. The van der Waals surface area contributed by atoms with Crippen LogP contribution in [0, 0.1) is 29.1 Å². The zero-order valence-electron chi connectivity index (χ0n) is 12.4. The molecular formula is C17H28N2O. The summed E-state index contributed by atoms with van der Waals surface area (Å²) in [6.07, 6.45) is 11.5. The molecule has 0 heterocycles. The molecule has 2 unspecified atom stereocenters. The minimum Gasteiger partial charge on any atom is -0.355 e. The fourth-order valence-electron chi connectivity index (χ4n) is 6.18. The minimum atomic E-state index is 0.193. The highest BCUT2D eigenvalue weighted by Crippen LogP contribution is 2.59. The smallest absolute Gasteiger partial charge is 0.223 e. The Morgan fingerprint density at radius 2 is 1.60 bits per heavy atom. The average Bonchev–Trinajstić information content (AvgIpc) is 2.81. The van der Waals surface area contributed by atoms with Crippen LogP contribution in [0.1, 0.15) is 57.8 Å². The van der Waals surface area contributed by atoms with Gasteiger partial charge in [-0.25, -0.2) is 0 Å². The predicted molar refractivity (Wildman–Crippen MR) is 78.9 cm³/mol. The van der Waals surface area contributed by atoms with Crippen molar-refractivity contribution in [3.8, 4) is 0 Å². The van der Waals surface area contributed by atoms with Crippen LogP contribution >= 0.6 is 0 Å². The fraction of sp³-hybridized carbons (Fsp3) is 0.941. The summed E-state index contributed by atoms with van der Waals surface area (Å²) in [5, 5.41) is 3.31. The van der Waals surface area contributed by atoms with Gasteiger partial charge >= 0.3 is 0 Å². The van der Waals surface area contributed by atoms with Crippen molar-refractivity contribution in [2.24, 2.45) is 34.8 Å². The third kappa shape index (κ3) is 2.28. The first-order valence-corrected chi connectivity index (χ1v) is 8.65. The van der Waals surface area contributed by atoms with E-state index in [-0.39, 0.29) is 17.9 Å². The number of nitrogens with two attached hydrogens (primary N) is 1. The second kappa shape index (κ2) is 4.72. The molecule has 3 heteroatoms. The molecule has 0 radical (unpaired) electrons. The molecule has 3 N–H and O–H groups in total. The molecule has 5 rings (SSSR count). The Morgan fingerprint density at radius 1 is 1.00 bits per heavy atom. The molecule has 20 heavy (non-hydrogen) atoms. The number of rotatable bonds is 3. The van der Waals surface area contributed by atoms with E-state index in [4.69, 9.17) is 5.73 Å². The van der Waals surface area contributed by atoms with Crippen molar-refractivity contribution in [2.75, 3.05) is 6.54 Å². The van der Waals surface area contributed by atoms with Gasteiger partial charge in [0.1, 0.15) is 0 Å². The molecule has 4 bridgehead atoms. The molecule has 0 spiro atoms. The number of carbonyl (C=O) groups excluding carboxylic acids is 1. The molecular weight excluding hydrogens is 248 g/mol. The quantitative estimate of drug-likeness (QED) is 0.832. The standard InChI is InChI=1S/C17H28N2O/c18-15-2-1-14(6-15)16(20)19-10-17-7-11-3-12(8-17)5-13(4-11)9-17/h11-15H,1-10,18H2,(H,19,20). The summed E-state index contributed by atoms with van der Waals surface area (Å²) in [6, 6.07) is 0.255. The van der Waals surface area contributed by atoms with E-state index >= 15 is 0 Å².